The second kappa shape index (κ2) is 8.14. The number of aromatic amines is 1. The number of aryl methyl sites for hydroxylation is 1. The average molecular weight is 334 g/mol. The van der Waals surface area contributed by atoms with Crippen LogP contribution in [-0.2, 0) is 11.3 Å². The van der Waals surface area contributed by atoms with Crippen molar-refractivity contribution >= 4 is 5.97 Å². The quantitative estimate of drug-likeness (QED) is 0.775. The largest absolute Gasteiger partial charge is 0.490 e. The minimum Gasteiger partial charge on any atom is -0.475 e. The Balaban J connectivity index is 0.000000322. The molecule has 1 saturated carbocycles. The van der Waals surface area contributed by atoms with Gasteiger partial charge in [0, 0.05) is 17.8 Å². The molecule has 0 aliphatic heterocycles. The minimum absolute atomic E-state index is 0.00285. The predicted octanol–water partition coefficient (Wildman–Crippen LogP) is 2.82. The van der Waals surface area contributed by atoms with E-state index in [4.69, 9.17) is 15.6 Å². The van der Waals surface area contributed by atoms with E-state index in [1.165, 1.54) is 37.7 Å². The van der Waals surface area contributed by atoms with E-state index in [0.717, 1.165) is 11.3 Å². The van der Waals surface area contributed by atoms with Gasteiger partial charge >= 0.3 is 12.1 Å². The Morgan fingerprint density at radius 1 is 1.35 bits per heavy atom. The number of pyridine rings is 1. The number of aliphatic carboxylic acids is 1. The van der Waals surface area contributed by atoms with Gasteiger partial charge < -0.3 is 15.8 Å². The standard InChI is InChI=1S/C13H20N2O.C2HF3O2/c1-9-7-11(10-5-3-2-4-6-10)12(8-14)13(16)15-9;3-2(4,5)1(6)7/h7,10H,2-6,8,14H2,1H3,(H,15,16);(H,6,7). The van der Waals surface area contributed by atoms with Gasteiger partial charge in [-0.25, -0.2) is 4.79 Å². The number of aromatic nitrogens is 1. The maximum atomic E-state index is 11.8. The number of H-pyrrole nitrogens is 1. The number of carboxylic acids is 1. The van der Waals surface area contributed by atoms with Crippen molar-refractivity contribution in [2.24, 2.45) is 5.73 Å². The fourth-order valence-electron chi connectivity index (χ4n) is 2.73. The number of nitrogens with two attached hydrogens (primary N) is 1. The molecule has 1 aromatic heterocycles. The van der Waals surface area contributed by atoms with Crippen LogP contribution in [0.1, 0.15) is 54.8 Å². The van der Waals surface area contributed by atoms with Crippen LogP contribution < -0.4 is 11.3 Å². The van der Waals surface area contributed by atoms with Crippen LogP contribution in [0.3, 0.4) is 0 Å². The molecule has 0 aromatic carbocycles. The maximum Gasteiger partial charge on any atom is 0.490 e. The summed E-state index contributed by atoms with van der Waals surface area (Å²) in [6, 6.07) is 2.11. The summed E-state index contributed by atoms with van der Waals surface area (Å²) in [6.45, 7) is 2.29. The van der Waals surface area contributed by atoms with Crippen LogP contribution in [0.2, 0.25) is 0 Å². The molecule has 1 aliphatic carbocycles. The molecule has 2 rings (SSSR count). The molecule has 8 heteroatoms. The highest BCUT2D eigenvalue weighted by atomic mass is 19.4. The Hall–Kier alpha value is -1.83. The van der Waals surface area contributed by atoms with E-state index in [2.05, 4.69) is 11.1 Å². The maximum absolute atomic E-state index is 11.8. The first-order chi connectivity index (χ1) is 10.7. The van der Waals surface area contributed by atoms with Crippen molar-refractivity contribution in [1.82, 2.24) is 4.98 Å². The lowest BCUT2D eigenvalue weighted by Gasteiger charge is -2.24. The van der Waals surface area contributed by atoms with E-state index in [9.17, 15) is 18.0 Å². The van der Waals surface area contributed by atoms with Gasteiger partial charge in [-0.1, -0.05) is 19.3 Å². The van der Waals surface area contributed by atoms with Crippen molar-refractivity contribution in [3.8, 4) is 0 Å². The fourth-order valence-corrected chi connectivity index (χ4v) is 2.73. The summed E-state index contributed by atoms with van der Waals surface area (Å²) in [5.41, 5.74) is 8.63. The third-order valence-corrected chi connectivity index (χ3v) is 3.80. The Morgan fingerprint density at radius 2 is 1.87 bits per heavy atom. The van der Waals surface area contributed by atoms with Gasteiger partial charge in [0.1, 0.15) is 0 Å². The lowest BCUT2D eigenvalue weighted by Crippen LogP contribution is -2.22. The van der Waals surface area contributed by atoms with Gasteiger partial charge in [-0.15, -0.1) is 0 Å². The molecule has 0 atom stereocenters. The van der Waals surface area contributed by atoms with Gasteiger partial charge in [-0.05, 0) is 37.3 Å². The average Bonchev–Trinajstić information content (AvgIpc) is 2.47. The number of carbonyl (C=O) groups is 1. The molecule has 1 heterocycles. The molecule has 23 heavy (non-hydrogen) atoms. The second-order valence-electron chi connectivity index (χ2n) is 5.56. The molecule has 0 unspecified atom stereocenters. The van der Waals surface area contributed by atoms with Crippen LogP contribution in [0.4, 0.5) is 13.2 Å². The Bertz CT molecular complexity index is 591. The lowest BCUT2D eigenvalue weighted by molar-refractivity contribution is -0.192. The lowest BCUT2D eigenvalue weighted by atomic mass is 9.82. The zero-order chi connectivity index (χ0) is 17.6. The summed E-state index contributed by atoms with van der Waals surface area (Å²) in [5.74, 6) is -2.21. The monoisotopic (exact) mass is 334 g/mol. The van der Waals surface area contributed by atoms with E-state index in [-0.39, 0.29) is 5.56 Å². The molecule has 130 valence electrons. The van der Waals surface area contributed by atoms with Gasteiger partial charge in [-0.2, -0.15) is 13.2 Å². The molecule has 0 bridgehead atoms. The second-order valence-corrected chi connectivity index (χ2v) is 5.56. The first-order valence-electron chi connectivity index (χ1n) is 7.39. The molecule has 0 saturated heterocycles. The third kappa shape index (κ3) is 5.70. The summed E-state index contributed by atoms with van der Waals surface area (Å²) in [4.78, 5) is 23.5. The van der Waals surface area contributed by atoms with Crippen LogP contribution in [-0.4, -0.2) is 22.2 Å². The first kappa shape index (κ1) is 19.2. The molecule has 0 radical (unpaired) electrons. The van der Waals surface area contributed by atoms with Crippen LogP contribution in [0, 0.1) is 6.92 Å². The molecule has 1 fully saturated rings. The topological polar surface area (TPSA) is 96.2 Å². The van der Waals surface area contributed by atoms with Crippen molar-refractivity contribution < 1.29 is 23.1 Å². The first-order valence-corrected chi connectivity index (χ1v) is 7.39. The predicted molar refractivity (Wildman–Crippen MR) is 79.2 cm³/mol. The van der Waals surface area contributed by atoms with Crippen molar-refractivity contribution in [3.63, 3.8) is 0 Å². The zero-order valence-corrected chi connectivity index (χ0v) is 12.9. The third-order valence-electron chi connectivity index (χ3n) is 3.80. The zero-order valence-electron chi connectivity index (χ0n) is 12.9. The number of carboxylic acid groups (broad SMARTS) is 1. The van der Waals surface area contributed by atoms with Crippen molar-refractivity contribution in [2.75, 3.05) is 0 Å². The van der Waals surface area contributed by atoms with Crippen LogP contribution >= 0.6 is 0 Å². The van der Waals surface area contributed by atoms with Crippen molar-refractivity contribution in [3.05, 3.63) is 33.2 Å². The summed E-state index contributed by atoms with van der Waals surface area (Å²) in [5, 5.41) is 7.12. The molecule has 0 spiro atoms. The van der Waals surface area contributed by atoms with Crippen LogP contribution in [0.5, 0.6) is 0 Å². The number of halogens is 3. The van der Waals surface area contributed by atoms with Gasteiger partial charge in [-0.3, -0.25) is 4.79 Å². The summed E-state index contributed by atoms with van der Waals surface area (Å²) >= 11 is 0. The molecule has 0 amide bonds. The highest BCUT2D eigenvalue weighted by Crippen LogP contribution is 2.33. The molecule has 4 N–H and O–H groups in total. The van der Waals surface area contributed by atoms with Gasteiger partial charge in [0.25, 0.3) is 5.56 Å². The SMILES string of the molecule is Cc1cc(C2CCCCC2)c(CN)c(=O)[nH]1.O=C(O)C(F)(F)F. The van der Waals surface area contributed by atoms with Gasteiger partial charge in [0.2, 0.25) is 0 Å². The smallest absolute Gasteiger partial charge is 0.475 e. The molecule has 5 nitrogen and oxygen atoms in total. The van der Waals surface area contributed by atoms with E-state index >= 15 is 0 Å². The van der Waals surface area contributed by atoms with E-state index in [0.29, 0.717) is 12.5 Å². The fraction of sp³-hybridized carbons (Fsp3) is 0.600. The van der Waals surface area contributed by atoms with Crippen molar-refractivity contribution in [2.45, 2.75) is 57.7 Å². The van der Waals surface area contributed by atoms with Crippen LogP contribution in [0.15, 0.2) is 10.9 Å². The summed E-state index contributed by atoms with van der Waals surface area (Å²) < 4.78 is 31.7. The summed E-state index contributed by atoms with van der Waals surface area (Å²) in [6.07, 6.45) is 1.21. The van der Waals surface area contributed by atoms with Crippen molar-refractivity contribution in [1.29, 1.82) is 0 Å². The Morgan fingerprint density at radius 3 is 2.30 bits per heavy atom. The van der Waals surface area contributed by atoms with E-state index in [1.807, 2.05) is 6.92 Å². The number of hydrogen-bond acceptors (Lipinski definition) is 3. The van der Waals surface area contributed by atoms with Gasteiger partial charge in [0.05, 0.1) is 0 Å². The molecule has 1 aromatic rings. The minimum atomic E-state index is -5.08. The van der Waals surface area contributed by atoms with E-state index < -0.39 is 12.1 Å². The molecule has 1 aliphatic rings. The highest BCUT2D eigenvalue weighted by Gasteiger charge is 2.38. The number of alkyl halides is 3. The highest BCUT2D eigenvalue weighted by molar-refractivity contribution is 5.73. The van der Waals surface area contributed by atoms with Crippen LogP contribution in [0.25, 0.3) is 0 Å². The molecular weight excluding hydrogens is 313 g/mol. The number of rotatable bonds is 2. The van der Waals surface area contributed by atoms with Gasteiger partial charge in [0.15, 0.2) is 0 Å². The Labute approximate surface area is 131 Å². The number of hydrogen-bond donors (Lipinski definition) is 3. The van der Waals surface area contributed by atoms with E-state index in [1.54, 1.807) is 0 Å². The molecular formula is C15H21F3N2O3. The Kier molecular flexibility index (Phi) is 6.80. The number of nitrogens with one attached hydrogen (secondary N) is 1. The normalized spacial score (nSPS) is 15.7. The summed E-state index contributed by atoms with van der Waals surface area (Å²) in [7, 11) is 0.